The first-order valence-corrected chi connectivity index (χ1v) is 11.1. The van der Waals surface area contributed by atoms with Crippen molar-refractivity contribution in [1.82, 2.24) is 9.88 Å². The summed E-state index contributed by atoms with van der Waals surface area (Å²) in [4.78, 5) is 38.7. The molecule has 6 nitrogen and oxygen atoms in total. The van der Waals surface area contributed by atoms with E-state index in [0.717, 1.165) is 48.9 Å². The summed E-state index contributed by atoms with van der Waals surface area (Å²) in [7, 11) is 1.29. The number of carbonyl (C=O) groups excluding carboxylic acids is 2. The highest BCUT2D eigenvalue weighted by Gasteiger charge is 2.25. The van der Waals surface area contributed by atoms with Gasteiger partial charge in [0.2, 0.25) is 0 Å². The van der Waals surface area contributed by atoms with Gasteiger partial charge in [-0.3, -0.25) is 9.59 Å². The SMILES string of the molecule is CCCCn1c(CCC)c(CC)cc(C(=O)N[C@@H](Cc2ccccc2)C(=O)OC)c1=O. The molecule has 168 valence electrons. The number of nitrogens with one attached hydrogen (secondary N) is 1. The molecule has 0 aliphatic carbocycles. The van der Waals surface area contributed by atoms with E-state index >= 15 is 0 Å². The van der Waals surface area contributed by atoms with E-state index in [-0.39, 0.29) is 17.5 Å². The van der Waals surface area contributed by atoms with Gasteiger partial charge < -0.3 is 14.6 Å². The first-order chi connectivity index (χ1) is 15.0. The van der Waals surface area contributed by atoms with Crippen molar-refractivity contribution in [1.29, 1.82) is 0 Å². The smallest absolute Gasteiger partial charge is 0.328 e. The normalized spacial score (nSPS) is 11.7. The number of hydrogen-bond donors (Lipinski definition) is 1. The number of unbranched alkanes of at least 4 members (excludes halogenated alkanes) is 1. The topological polar surface area (TPSA) is 77.4 Å². The maximum atomic E-state index is 13.2. The molecule has 2 aromatic rings. The maximum absolute atomic E-state index is 13.2. The number of benzene rings is 1. The van der Waals surface area contributed by atoms with Crippen LogP contribution < -0.4 is 10.9 Å². The molecule has 2 rings (SSSR count). The van der Waals surface area contributed by atoms with E-state index in [1.54, 1.807) is 10.6 Å². The van der Waals surface area contributed by atoms with Gasteiger partial charge in [0, 0.05) is 18.7 Å². The zero-order chi connectivity index (χ0) is 22.8. The fraction of sp³-hybridized carbons (Fsp3) is 0.480. The minimum absolute atomic E-state index is 0.0785. The molecule has 0 unspecified atom stereocenters. The fourth-order valence-corrected chi connectivity index (χ4v) is 3.74. The summed E-state index contributed by atoms with van der Waals surface area (Å²) >= 11 is 0. The van der Waals surface area contributed by atoms with Crippen LogP contribution >= 0.6 is 0 Å². The lowest BCUT2D eigenvalue weighted by atomic mass is 10.0. The predicted octanol–water partition coefficient (Wildman–Crippen LogP) is 3.68. The molecular formula is C25H34N2O4. The summed E-state index contributed by atoms with van der Waals surface area (Å²) < 4.78 is 6.64. The summed E-state index contributed by atoms with van der Waals surface area (Å²) in [5, 5.41) is 2.73. The number of rotatable bonds is 11. The van der Waals surface area contributed by atoms with Gasteiger partial charge in [-0.1, -0.05) is 63.9 Å². The van der Waals surface area contributed by atoms with E-state index < -0.39 is 17.9 Å². The van der Waals surface area contributed by atoms with Crippen LogP contribution in [-0.2, 0) is 35.3 Å². The van der Waals surface area contributed by atoms with Gasteiger partial charge in [0.1, 0.15) is 11.6 Å². The molecular weight excluding hydrogens is 392 g/mol. The molecule has 1 N–H and O–H groups in total. The number of esters is 1. The number of nitrogens with zero attached hydrogens (tertiary/aromatic N) is 1. The zero-order valence-electron chi connectivity index (χ0n) is 19.1. The lowest BCUT2D eigenvalue weighted by Gasteiger charge is -2.20. The molecule has 1 aromatic carbocycles. The van der Waals surface area contributed by atoms with Gasteiger partial charge in [-0.2, -0.15) is 0 Å². The van der Waals surface area contributed by atoms with Crippen LogP contribution in [-0.4, -0.2) is 29.6 Å². The van der Waals surface area contributed by atoms with Crippen molar-refractivity contribution in [3.05, 3.63) is 69.1 Å². The van der Waals surface area contributed by atoms with Crippen LogP contribution in [0.25, 0.3) is 0 Å². The number of carbonyl (C=O) groups is 2. The Morgan fingerprint density at radius 1 is 1.10 bits per heavy atom. The second-order valence-corrected chi connectivity index (χ2v) is 7.68. The first-order valence-electron chi connectivity index (χ1n) is 11.1. The first kappa shape index (κ1) is 24.4. The summed E-state index contributed by atoms with van der Waals surface area (Å²) in [6.45, 7) is 6.77. The van der Waals surface area contributed by atoms with Crippen molar-refractivity contribution in [2.75, 3.05) is 7.11 Å². The largest absolute Gasteiger partial charge is 0.467 e. The molecule has 31 heavy (non-hydrogen) atoms. The lowest BCUT2D eigenvalue weighted by molar-refractivity contribution is -0.142. The molecule has 0 bridgehead atoms. The third-order valence-corrected chi connectivity index (χ3v) is 5.41. The van der Waals surface area contributed by atoms with Crippen LogP contribution in [0.3, 0.4) is 0 Å². The third kappa shape index (κ3) is 6.29. The van der Waals surface area contributed by atoms with Gasteiger partial charge in [-0.15, -0.1) is 0 Å². The summed E-state index contributed by atoms with van der Waals surface area (Å²) in [5.74, 6) is -1.08. The van der Waals surface area contributed by atoms with Crippen molar-refractivity contribution in [2.45, 2.75) is 71.9 Å². The average molecular weight is 427 g/mol. The van der Waals surface area contributed by atoms with Crippen LogP contribution in [0.15, 0.2) is 41.2 Å². The highest BCUT2D eigenvalue weighted by molar-refractivity contribution is 5.96. The van der Waals surface area contributed by atoms with E-state index in [0.29, 0.717) is 6.54 Å². The number of ether oxygens (including phenoxy) is 1. The van der Waals surface area contributed by atoms with Crippen molar-refractivity contribution in [3.8, 4) is 0 Å². The van der Waals surface area contributed by atoms with Crippen molar-refractivity contribution < 1.29 is 14.3 Å². The van der Waals surface area contributed by atoms with Gasteiger partial charge in [0.15, 0.2) is 0 Å². The highest BCUT2D eigenvalue weighted by atomic mass is 16.5. The monoisotopic (exact) mass is 426 g/mol. The zero-order valence-corrected chi connectivity index (χ0v) is 19.1. The predicted molar refractivity (Wildman–Crippen MR) is 122 cm³/mol. The third-order valence-electron chi connectivity index (χ3n) is 5.41. The van der Waals surface area contributed by atoms with E-state index in [1.807, 2.05) is 37.3 Å². The molecule has 0 aliphatic rings. The van der Waals surface area contributed by atoms with Gasteiger partial charge >= 0.3 is 5.97 Å². The van der Waals surface area contributed by atoms with Crippen LogP contribution in [0.1, 0.15) is 67.2 Å². The Bertz CT molecular complexity index is 935. The maximum Gasteiger partial charge on any atom is 0.328 e. The Kier molecular flexibility index (Phi) is 9.50. The molecule has 0 fully saturated rings. The Balaban J connectivity index is 2.41. The molecule has 1 atom stereocenters. The average Bonchev–Trinajstić information content (AvgIpc) is 2.78. The van der Waals surface area contributed by atoms with Gasteiger partial charge in [-0.25, -0.2) is 4.79 Å². The van der Waals surface area contributed by atoms with E-state index in [9.17, 15) is 14.4 Å². The van der Waals surface area contributed by atoms with Crippen molar-refractivity contribution >= 4 is 11.9 Å². The van der Waals surface area contributed by atoms with Crippen molar-refractivity contribution in [2.24, 2.45) is 0 Å². The summed E-state index contributed by atoms with van der Waals surface area (Å²) in [6.07, 6.45) is 4.56. The highest BCUT2D eigenvalue weighted by Crippen LogP contribution is 2.14. The molecule has 0 aliphatic heterocycles. The molecule has 0 spiro atoms. The molecule has 0 saturated carbocycles. The van der Waals surface area contributed by atoms with E-state index in [2.05, 4.69) is 19.2 Å². The van der Waals surface area contributed by atoms with Crippen molar-refractivity contribution in [3.63, 3.8) is 0 Å². The number of amides is 1. The van der Waals surface area contributed by atoms with Gasteiger partial charge in [0.05, 0.1) is 7.11 Å². The number of aromatic nitrogens is 1. The van der Waals surface area contributed by atoms with E-state index in [1.165, 1.54) is 7.11 Å². The Labute approximate surface area is 184 Å². The van der Waals surface area contributed by atoms with Crippen LogP contribution in [0.5, 0.6) is 0 Å². The minimum atomic E-state index is -0.871. The van der Waals surface area contributed by atoms with Crippen LogP contribution in [0.2, 0.25) is 0 Å². The lowest BCUT2D eigenvalue weighted by Crippen LogP contribution is -2.45. The quantitative estimate of drug-likeness (QED) is 0.556. The molecule has 1 amide bonds. The Hall–Kier alpha value is -2.89. The second-order valence-electron chi connectivity index (χ2n) is 7.68. The molecule has 1 aromatic heterocycles. The van der Waals surface area contributed by atoms with Crippen LogP contribution in [0.4, 0.5) is 0 Å². The van der Waals surface area contributed by atoms with Gasteiger partial charge in [-0.05, 0) is 36.5 Å². The second kappa shape index (κ2) is 12.1. The summed E-state index contributed by atoms with van der Waals surface area (Å²) in [6, 6.07) is 10.2. The Morgan fingerprint density at radius 3 is 2.39 bits per heavy atom. The molecule has 0 radical (unpaired) electrons. The Morgan fingerprint density at radius 2 is 1.81 bits per heavy atom. The number of methoxy groups -OCH3 is 1. The fourth-order valence-electron chi connectivity index (χ4n) is 3.74. The van der Waals surface area contributed by atoms with Crippen LogP contribution in [0, 0.1) is 0 Å². The number of hydrogen-bond acceptors (Lipinski definition) is 4. The standard InChI is InChI=1S/C25H34N2O4/c1-5-8-15-27-22(12-6-2)19(7-3)17-20(24(27)29)23(28)26-21(25(30)31-4)16-18-13-10-9-11-14-18/h9-11,13-14,17,21H,5-8,12,15-16H2,1-4H3,(H,26,28)/t21-/m0/s1. The number of pyridine rings is 1. The molecule has 1 heterocycles. The van der Waals surface area contributed by atoms with Gasteiger partial charge in [0.25, 0.3) is 11.5 Å². The van der Waals surface area contributed by atoms with E-state index in [4.69, 9.17) is 4.74 Å². The minimum Gasteiger partial charge on any atom is -0.467 e. The molecule has 6 heteroatoms. The summed E-state index contributed by atoms with van der Waals surface area (Å²) in [5.41, 5.74) is 2.69. The molecule has 0 saturated heterocycles. The number of aryl methyl sites for hydroxylation is 1.